The molecule has 1 heterocycles. The molecule has 4 heteroatoms. The predicted octanol–water partition coefficient (Wildman–Crippen LogP) is 2.29. The monoisotopic (exact) mass is 265 g/mol. The number of nitrogens with one attached hydrogen (secondary N) is 1. The molecule has 0 aromatic heterocycles. The lowest BCUT2D eigenvalue weighted by atomic mass is 10.0. The molecule has 0 saturated carbocycles. The third-order valence-electron chi connectivity index (χ3n) is 3.47. The molecule has 1 fully saturated rings. The standard InChI is InChI=1S/C15H23NO3/c1-17-15(18-2)13-9-6-10-14(16-13)19-11-12-7-4-3-5-8-12/h3-5,7-8,13-16H,6,9-11H2,1-2H3. The van der Waals surface area contributed by atoms with Gasteiger partial charge in [0.25, 0.3) is 0 Å². The zero-order valence-corrected chi connectivity index (χ0v) is 11.7. The minimum atomic E-state index is -0.205. The first-order valence-corrected chi connectivity index (χ1v) is 6.80. The van der Waals surface area contributed by atoms with Crippen LogP contribution in [0.2, 0.25) is 0 Å². The Hall–Kier alpha value is -0.940. The minimum Gasteiger partial charge on any atom is -0.359 e. The van der Waals surface area contributed by atoms with Gasteiger partial charge in [-0.3, -0.25) is 5.32 Å². The molecule has 2 unspecified atom stereocenters. The fourth-order valence-corrected chi connectivity index (χ4v) is 2.47. The largest absolute Gasteiger partial charge is 0.359 e. The van der Waals surface area contributed by atoms with E-state index in [1.807, 2.05) is 18.2 Å². The van der Waals surface area contributed by atoms with Crippen LogP contribution in [0.3, 0.4) is 0 Å². The van der Waals surface area contributed by atoms with Gasteiger partial charge in [0, 0.05) is 14.2 Å². The molecule has 1 saturated heterocycles. The van der Waals surface area contributed by atoms with Crippen LogP contribution in [-0.4, -0.2) is 32.8 Å². The van der Waals surface area contributed by atoms with Crippen molar-refractivity contribution in [2.24, 2.45) is 0 Å². The van der Waals surface area contributed by atoms with Crippen molar-refractivity contribution in [1.82, 2.24) is 5.32 Å². The Kier molecular flexibility index (Phi) is 5.79. The van der Waals surface area contributed by atoms with Crippen molar-refractivity contribution < 1.29 is 14.2 Å². The van der Waals surface area contributed by atoms with Gasteiger partial charge in [-0.15, -0.1) is 0 Å². The smallest absolute Gasteiger partial charge is 0.172 e. The van der Waals surface area contributed by atoms with Crippen LogP contribution in [0.15, 0.2) is 30.3 Å². The Balaban J connectivity index is 1.81. The van der Waals surface area contributed by atoms with Gasteiger partial charge < -0.3 is 14.2 Å². The zero-order valence-electron chi connectivity index (χ0n) is 11.7. The van der Waals surface area contributed by atoms with E-state index in [1.54, 1.807) is 14.2 Å². The summed E-state index contributed by atoms with van der Waals surface area (Å²) in [5, 5.41) is 3.45. The van der Waals surface area contributed by atoms with Gasteiger partial charge in [-0.1, -0.05) is 30.3 Å². The molecule has 19 heavy (non-hydrogen) atoms. The highest BCUT2D eigenvalue weighted by Crippen LogP contribution is 2.18. The Morgan fingerprint density at radius 3 is 2.58 bits per heavy atom. The van der Waals surface area contributed by atoms with E-state index in [0.717, 1.165) is 19.3 Å². The number of benzene rings is 1. The van der Waals surface area contributed by atoms with Crippen LogP contribution in [0.25, 0.3) is 0 Å². The van der Waals surface area contributed by atoms with Crippen molar-refractivity contribution in [2.45, 2.75) is 44.4 Å². The maximum absolute atomic E-state index is 5.92. The van der Waals surface area contributed by atoms with Crippen molar-refractivity contribution in [3.63, 3.8) is 0 Å². The average molecular weight is 265 g/mol. The Labute approximate surface area is 115 Å². The van der Waals surface area contributed by atoms with E-state index in [4.69, 9.17) is 14.2 Å². The summed E-state index contributed by atoms with van der Waals surface area (Å²) in [7, 11) is 3.34. The first kappa shape index (κ1) is 14.5. The Morgan fingerprint density at radius 1 is 1.16 bits per heavy atom. The average Bonchev–Trinajstić information content (AvgIpc) is 2.48. The summed E-state index contributed by atoms with van der Waals surface area (Å²) in [4.78, 5) is 0. The molecule has 1 aromatic rings. The van der Waals surface area contributed by atoms with Gasteiger partial charge in [0.1, 0.15) is 6.23 Å². The lowest BCUT2D eigenvalue weighted by Crippen LogP contribution is -2.50. The number of ether oxygens (including phenoxy) is 3. The van der Waals surface area contributed by atoms with Crippen LogP contribution < -0.4 is 5.32 Å². The molecule has 1 aromatic carbocycles. The minimum absolute atomic E-state index is 0.0757. The summed E-state index contributed by atoms with van der Waals surface area (Å²) in [5.74, 6) is 0. The van der Waals surface area contributed by atoms with Crippen LogP contribution >= 0.6 is 0 Å². The normalized spacial score (nSPS) is 23.7. The maximum Gasteiger partial charge on any atom is 0.172 e. The van der Waals surface area contributed by atoms with Crippen molar-refractivity contribution in [3.05, 3.63) is 35.9 Å². The molecule has 0 bridgehead atoms. The molecule has 0 aliphatic carbocycles. The van der Waals surface area contributed by atoms with Crippen molar-refractivity contribution >= 4 is 0 Å². The number of rotatable bonds is 6. The van der Waals surface area contributed by atoms with E-state index in [2.05, 4.69) is 17.4 Å². The lowest BCUT2D eigenvalue weighted by Gasteiger charge is -2.34. The number of hydrogen-bond acceptors (Lipinski definition) is 4. The van der Waals surface area contributed by atoms with Crippen LogP contribution in [0.1, 0.15) is 24.8 Å². The summed E-state index contributed by atoms with van der Waals surface area (Å²) in [6, 6.07) is 10.4. The van der Waals surface area contributed by atoms with Crippen LogP contribution in [0.5, 0.6) is 0 Å². The predicted molar refractivity (Wildman–Crippen MR) is 73.6 cm³/mol. The summed E-state index contributed by atoms with van der Waals surface area (Å²) in [6.07, 6.45) is 3.08. The van der Waals surface area contributed by atoms with Crippen molar-refractivity contribution in [1.29, 1.82) is 0 Å². The Morgan fingerprint density at radius 2 is 1.89 bits per heavy atom. The highest BCUT2D eigenvalue weighted by Gasteiger charge is 2.28. The number of piperidine rings is 1. The second kappa shape index (κ2) is 7.60. The summed E-state index contributed by atoms with van der Waals surface area (Å²) >= 11 is 0. The first-order chi connectivity index (χ1) is 9.33. The fraction of sp³-hybridized carbons (Fsp3) is 0.600. The molecule has 2 rings (SSSR count). The molecule has 1 aliphatic heterocycles. The third kappa shape index (κ3) is 4.28. The second-order valence-corrected chi connectivity index (χ2v) is 4.83. The molecule has 0 amide bonds. The molecule has 0 radical (unpaired) electrons. The van der Waals surface area contributed by atoms with Gasteiger partial charge in [0.05, 0.1) is 12.6 Å². The Bertz CT molecular complexity index is 354. The lowest BCUT2D eigenvalue weighted by molar-refractivity contribution is -0.142. The number of hydrogen-bond donors (Lipinski definition) is 1. The molecule has 1 aliphatic rings. The number of methoxy groups -OCH3 is 2. The van der Waals surface area contributed by atoms with Crippen LogP contribution in [0, 0.1) is 0 Å². The third-order valence-corrected chi connectivity index (χ3v) is 3.47. The quantitative estimate of drug-likeness (QED) is 0.801. The van der Waals surface area contributed by atoms with Gasteiger partial charge >= 0.3 is 0 Å². The highest BCUT2D eigenvalue weighted by molar-refractivity contribution is 5.13. The maximum atomic E-state index is 5.92. The second-order valence-electron chi connectivity index (χ2n) is 4.83. The molecule has 0 spiro atoms. The topological polar surface area (TPSA) is 39.7 Å². The van der Waals surface area contributed by atoms with Crippen LogP contribution in [-0.2, 0) is 20.8 Å². The molecule has 2 atom stereocenters. The van der Waals surface area contributed by atoms with Crippen molar-refractivity contribution in [3.8, 4) is 0 Å². The zero-order chi connectivity index (χ0) is 13.5. The molecule has 1 N–H and O–H groups in total. The van der Waals surface area contributed by atoms with E-state index in [0.29, 0.717) is 6.61 Å². The van der Waals surface area contributed by atoms with E-state index in [-0.39, 0.29) is 18.6 Å². The van der Waals surface area contributed by atoms with Gasteiger partial charge in [-0.05, 0) is 24.8 Å². The highest BCUT2D eigenvalue weighted by atomic mass is 16.7. The van der Waals surface area contributed by atoms with Gasteiger partial charge in [-0.2, -0.15) is 0 Å². The molecule has 106 valence electrons. The summed E-state index contributed by atoms with van der Waals surface area (Å²) in [6.45, 7) is 0.635. The van der Waals surface area contributed by atoms with Crippen molar-refractivity contribution in [2.75, 3.05) is 14.2 Å². The fourth-order valence-electron chi connectivity index (χ4n) is 2.47. The van der Waals surface area contributed by atoms with Gasteiger partial charge in [0.2, 0.25) is 0 Å². The van der Waals surface area contributed by atoms with E-state index < -0.39 is 0 Å². The first-order valence-electron chi connectivity index (χ1n) is 6.80. The van der Waals surface area contributed by atoms with Gasteiger partial charge in [0.15, 0.2) is 6.29 Å². The molecular weight excluding hydrogens is 242 g/mol. The van der Waals surface area contributed by atoms with Gasteiger partial charge in [-0.25, -0.2) is 0 Å². The van der Waals surface area contributed by atoms with E-state index >= 15 is 0 Å². The summed E-state index contributed by atoms with van der Waals surface area (Å²) < 4.78 is 16.5. The van der Waals surface area contributed by atoms with E-state index in [1.165, 1.54) is 5.56 Å². The summed E-state index contributed by atoms with van der Waals surface area (Å²) in [5.41, 5.74) is 1.20. The molecule has 4 nitrogen and oxygen atoms in total. The van der Waals surface area contributed by atoms with E-state index in [9.17, 15) is 0 Å². The van der Waals surface area contributed by atoms with Crippen LogP contribution in [0.4, 0.5) is 0 Å². The SMILES string of the molecule is COC(OC)C1CCCC(OCc2ccccc2)N1. The molecular formula is C15H23NO3.